The Morgan fingerprint density at radius 2 is 1.73 bits per heavy atom. The molecule has 1 aliphatic rings. The molecule has 16 heteroatoms. The van der Waals surface area contributed by atoms with Crippen molar-refractivity contribution in [2.24, 2.45) is 0 Å². The minimum absolute atomic E-state index is 0.000824. The zero-order valence-corrected chi connectivity index (χ0v) is 27.7. The number of methoxy groups -OCH3 is 1. The van der Waals surface area contributed by atoms with Gasteiger partial charge in [0.15, 0.2) is 11.0 Å². The van der Waals surface area contributed by atoms with Gasteiger partial charge in [-0.2, -0.15) is 5.26 Å². The van der Waals surface area contributed by atoms with Gasteiger partial charge in [-0.1, -0.05) is 72.4 Å². The molecule has 14 nitrogen and oxygen atoms in total. The molecule has 3 heterocycles. The molecule has 0 radical (unpaired) electrons. The number of para-hydroxylation sites is 2. The molecule has 1 saturated heterocycles. The molecule has 250 valence electrons. The minimum Gasteiger partial charge on any atom is -0.495 e. The molecule has 1 N–H and O–H groups in total. The van der Waals surface area contributed by atoms with Crippen LogP contribution >= 0.6 is 11.8 Å². The van der Waals surface area contributed by atoms with E-state index in [2.05, 4.69) is 26.2 Å². The molecule has 0 bridgehead atoms. The van der Waals surface area contributed by atoms with Gasteiger partial charge in [0.25, 0.3) is 9.84 Å². The molecule has 0 spiro atoms. The molecule has 5 aromatic rings. The van der Waals surface area contributed by atoms with E-state index in [1.807, 2.05) is 35.2 Å². The smallest absolute Gasteiger partial charge is 0.415 e. The second-order valence-corrected chi connectivity index (χ2v) is 13.5. The number of nitriles is 1. The number of carbonyl (C=O) groups is 1. The highest BCUT2D eigenvalue weighted by molar-refractivity contribution is 7.99. The van der Waals surface area contributed by atoms with Crippen molar-refractivity contribution >= 4 is 39.0 Å². The third-order valence-corrected chi connectivity index (χ3v) is 10.2. The van der Waals surface area contributed by atoms with Crippen LogP contribution in [0.1, 0.15) is 18.4 Å². The van der Waals surface area contributed by atoms with E-state index >= 15 is 0 Å². The lowest BCUT2D eigenvalue weighted by Gasteiger charge is -2.32. The maximum atomic E-state index is 13.2. The van der Waals surface area contributed by atoms with Crippen LogP contribution in [0.5, 0.6) is 11.6 Å². The molecule has 49 heavy (non-hydrogen) atoms. The van der Waals surface area contributed by atoms with Crippen LogP contribution in [0, 0.1) is 16.5 Å². The summed E-state index contributed by atoms with van der Waals surface area (Å²) in [6, 6.07) is 26.0. The second-order valence-electron chi connectivity index (χ2n) is 10.7. The summed E-state index contributed by atoms with van der Waals surface area (Å²) in [7, 11) is -2.75. The molecular formula is C33H29N7O7S2. The molecule has 0 saturated carbocycles. The zero-order valence-electron chi connectivity index (χ0n) is 26.1. The molecule has 1 aliphatic heterocycles. The number of carbonyl (C=O) groups excluding carboxylic acids is 1. The van der Waals surface area contributed by atoms with E-state index in [0.29, 0.717) is 59.6 Å². The van der Waals surface area contributed by atoms with Crippen molar-refractivity contribution in [1.29, 1.82) is 5.26 Å². The Hall–Kier alpha value is -5.66. The number of ether oxygens (including phenoxy) is 2. The molecule has 3 aromatic carbocycles. The number of benzene rings is 3. The lowest BCUT2D eigenvalue weighted by atomic mass is 10.0. The Balaban J connectivity index is 1.21. The fourth-order valence-electron chi connectivity index (χ4n) is 5.26. The summed E-state index contributed by atoms with van der Waals surface area (Å²) < 4.78 is 42.3. The summed E-state index contributed by atoms with van der Waals surface area (Å²) in [6.07, 6.45) is 0.255. The van der Waals surface area contributed by atoms with E-state index in [4.69, 9.17) is 14.5 Å². The number of rotatable bonds is 11. The van der Waals surface area contributed by atoms with Crippen molar-refractivity contribution in [1.82, 2.24) is 15.1 Å². The molecular weight excluding hydrogens is 671 g/mol. The van der Waals surface area contributed by atoms with Gasteiger partial charge >= 0.3 is 10.9 Å². The number of amides is 1. The van der Waals surface area contributed by atoms with Crippen LogP contribution in [-0.4, -0.2) is 61.5 Å². The number of aromatic nitrogens is 4. The fourth-order valence-corrected chi connectivity index (χ4v) is 7.19. The summed E-state index contributed by atoms with van der Waals surface area (Å²) in [4.78, 5) is 23.9. The Bertz CT molecular complexity index is 2100. The Kier molecular flexibility index (Phi) is 9.92. The highest BCUT2D eigenvalue weighted by atomic mass is 32.2. The van der Waals surface area contributed by atoms with Gasteiger partial charge < -0.3 is 24.9 Å². The van der Waals surface area contributed by atoms with Crippen molar-refractivity contribution in [3.63, 3.8) is 0 Å². The van der Waals surface area contributed by atoms with Crippen molar-refractivity contribution in [2.75, 3.05) is 36.2 Å². The van der Waals surface area contributed by atoms with Gasteiger partial charge in [0.05, 0.1) is 34.3 Å². The van der Waals surface area contributed by atoms with E-state index in [-0.39, 0.29) is 27.0 Å². The van der Waals surface area contributed by atoms with Gasteiger partial charge in [-0.25, -0.2) is 18.4 Å². The average Bonchev–Trinajstić information content (AvgIpc) is 3.51. The lowest BCUT2D eigenvalue weighted by molar-refractivity contribution is -0.832. The molecule has 0 aliphatic carbocycles. The predicted molar refractivity (Wildman–Crippen MR) is 178 cm³/mol. The number of sulfone groups is 1. The highest BCUT2D eigenvalue weighted by Gasteiger charge is 2.38. The molecule has 6 rings (SSSR count). The highest BCUT2D eigenvalue weighted by Crippen LogP contribution is 2.34. The number of nitrogens with one attached hydrogen (secondary N) is 1. The topological polar surface area (TPSA) is 187 Å². The van der Waals surface area contributed by atoms with Crippen LogP contribution in [0.2, 0.25) is 0 Å². The van der Waals surface area contributed by atoms with E-state index in [1.54, 1.807) is 42.5 Å². The number of anilines is 2. The molecule has 1 fully saturated rings. The third-order valence-electron chi connectivity index (χ3n) is 7.62. The molecule has 0 atom stereocenters. The standard InChI is InChI=1S/C33H29N7O7S2/c1-45-27-15-9-8-14-26(27)35-28(41)21-48-33-36-29(22-10-4-2-5-11-22)25(20-34)30(37-33)39-18-16-23(17-19-39)46-31-32(40(42)47-38-31)49(43,44)24-12-6-3-7-13-24/h2-15,23H,16-19,21H2,1H3,(H,35,41). The van der Waals surface area contributed by atoms with Crippen molar-refractivity contribution in [2.45, 2.75) is 34.0 Å². The largest absolute Gasteiger partial charge is 0.495 e. The van der Waals surface area contributed by atoms with E-state index in [1.165, 1.54) is 19.2 Å². The Labute approximate surface area is 285 Å². The van der Waals surface area contributed by atoms with Gasteiger partial charge in [-0.3, -0.25) is 9.42 Å². The molecule has 1 amide bonds. The monoisotopic (exact) mass is 699 g/mol. The lowest BCUT2D eigenvalue weighted by Crippen LogP contribution is -2.39. The fraction of sp³-hybridized carbons (Fsp3) is 0.212. The average molecular weight is 700 g/mol. The first-order valence-electron chi connectivity index (χ1n) is 15.0. The maximum Gasteiger partial charge on any atom is 0.415 e. The van der Waals surface area contributed by atoms with Gasteiger partial charge in [0, 0.05) is 31.5 Å². The first kappa shape index (κ1) is 33.2. The summed E-state index contributed by atoms with van der Waals surface area (Å²) in [5.41, 5.74) is 1.95. The SMILES string of the molecule is COc1ccccc1NC(=O)CSc1nc(-c2ccccc2)c(C#N)c(N2CCC(Oc3no[n+]([O-])c3S(=O)(=O)c3ccccc3)CC2)n1. The number of hydrogen-bond donors (Lipinski definition) is 1. The van der Waals surface area contributed by atoms with E-state index < -0.39 is 26.8 Å². The first-order chi connectivity index (χ1) is 23.8. The summed E-state index contributed by atoms with van der Waals surface area (Å²) >= 11 is 1.13. The number of piperidine rings is 1. The number of hydrogen-bond acceptors (Lipinski definition) is 13. The third kappa shape index (κ3) is 7.27. The number of thioether (sulfide) groups is 1. The summed E-state index contributed by atoms with van der Waals surface area (Å²) in [5.74, 6) is 0.215. The van der Waals surface area contributed by atoms with Crippen LogP contribution in [0.4, 0.5) is 11.5 Å². The van der Waals surface area contributed by atoms with E-state index in [0.717, 1.165) is 11.8 Å². The number of nitrogens with zero attached hydrogens (tertiary/aromatic N) is 6. The minimum atomic E-state index is -4.27. The first-order valence-corrected chi connectivity index (χ1v) is 17.5. The molecule has 0 unspecified atom stereocenters. The van der Waals surface area contributed by atoms with Crippen molar-refractivity contribution < 1.29 is 32.2 Å². The van der Waals surface area contributed by atoms with Crippen LogP contribution < -0.4 is 24.6 Å². The van der Waals surface area contributed by atoms with Gasteiger partial charge in [0.2, 0.25) is 5.91 Å². The van der Waals surface area contributed by atoms with Gasteiger partial charge in [0.1, 0.15) is 23.5 Å². The van der Waals surface area contributed by atoms with Crippen molar-refractivity contribution in [3.8, 4) is 29.0 Å². The predicted octanol–water partition coefficient (Wildman–Crippen LogP) is 4.26. The van der Waals surface area contributed by atoms with Crippen LogP contribution in [0.3, 0.4) is 0 Å². The van der Waals surface area contributed by atoms with Gasteiger partial charge in [-0.05, 0) is 29.2 Å². The normalized spacial score (nSPS) is 13.4. The van der Waals surface area contributed by atoms with Crippen LogP contribution in [-0.2, 0) is 14.6 Å². The van der Waals surface area contributed by atoms with E-state index in [9.17, 15) is 23.7 Å². The second kappa shape index (κ2) is 14.6. The van der Waals surface area contributed by atoms with Crippen molar-refractivity contribution in [3.05, 3.63) is 95.7 Å². The van der Waals surface area contributed by atoms with Crippen LogP contribution in [0.25, 0.3) is 11.3 Å². The summed E-state index contributed by atoms with van der Waals surface area (Å²) in [5, 5.41) is 28.6. The Morgan fingerprint density at radius 1 is 1.06 bits per heavy atom. The zero-order chi connectivity index (χ0) is 34.4. The molecule has 2 aromatic heterocycles. The summed E-state index contributed by atoms with van der Waals surface area (Å²) in [6.45, 7) is 0.748. The maximum absolute atomic E-state index is 13.2. The quantitative estimate of drug-likeness (QED) is 0.117. The van der Waals surface area contributed by atoms with Crippen LogP contribution in [0.15, 0.2) is 105 Å². The Morgan fingerprint density at radius 3 is 2.43 bits per heavy atom. The van der Waals surface area contributed by atoms with Gasteiger partial charge in [-0.15, -0.1) is 0 Å².